The van der Waals surface area contributed by atoms with Gasteiger partial charge < -0.3 is 4.90 Å². The van der Waals surface area contributed by atoms with Crippen LogP contribution in [0.1, 0.15) is 5.56 Å². The molecule has 0 aliphatic heterocycles. The lowest BCUT2D eigenvalue weighted by Crippen LogP contribution is -2.23. The molecule has 15 heavy (non-hydrogen) atoms. The van der Waals surface area contributed by atoms with Gasteiger partial charge in [-0.2, -0.15) is 0 Å². The zero-order chi connectivity index (χ0) is 11.4. The summed E-state index contributed by atoms with van der Waals surface area (Å²) in [6, 6.07) is 3.73. The number of benzene rings is 1. The first-order valence-electron chi connectivity index (χ1n) is 4.35. The maximum absolute atomic E-state index is 12.8. The molecule has 82 valence electrons. The summed E-state index contributed by atoms with van der Waals surface area (Å²) in [5.41, 5.74) is 0.662. The molecule has 0 aromatic heterocycles. The van der Waals surface area contributed by atoms with Crippen LogP contribution in [0.15, 0.2) is 18.2 Å². The molecule has 0 saturated heterocycles. The quantitative estimate of drug-likeness (QED) is 0.615. The SMILES string of the molecule is CN(CCc1ccc(F)c(F)c1)C(=O)Br. The van der Waals surface area contributed by atoms with E-state index in [0.29, 0.717) is 18.5 Å². The van der Waals surface area contributed by atoms with Crippen LogP contribution in [0.25, 0.3) is 0 Å². The molecule has 0 saturated carbocycles. The largest absolute Gasteiger partial charge is 0.336 e. The molecule has 0 aliphatic rings. The Hall–Kier alpha value is -0.970. The van der Waals surface area contributed by atoms with Gasteiger partial charge in [0.2, 0.25) is 0 Å². The fourth-order valence-corrected chi connectivity index (χ4v) is 1.26. The second-order valence-electron chi connectivity index (χ2n) is 3.17. The van der Waals surface area contributed by atoms with E-state index in [4.69, 9.17) is 0 Å². The van der Waals surface area contributed by atoms with Crippen LogP contribution in [0.4, 0.5) is 13.6 Å². The molecule has 0 radical (unpaired) electrons. The molecule has 0 N–H and O–H groups in total. The zero-order valence-corrected chi connectivity index (χ0v) is 9.72. The van der Waals surface area contributed by atoms with Crippen LogP contribution in [0.5, 0.6) is 0 Å². The van der Waals surface area contributed by atoms with E-state index in [9.17, 15) is 13.6 Å². The maximum Gasteiger partial charge on any atom is 0.289 e. The first-order chi connectivity index (χ1) is 7.00. The fourth-order valence-electron chi connectivity index (χ4n) is 1.08. The maximum atomic E-state index is 12.8. The molecule has 0 fully saturated rings. The van der Waals surface area contributed by atoms with Crippen molar-refractivity contribution in [1.29, 1.82) is 0 Å². The topological polar surface area (TPSA) is 20.3 Å². The third-order valence-electron chi connectivity index (χ3n) is 2.02. The molecule has 1 amide bonds. The number of carbonyl (C=O) groups is 1. The summed E-state index contributed by atoms with van der Waals surface area (Å²) in [7, 11) is 1.62. The number of hydrogen-bond acceptors (Lipinski definition) is 1. The highest BCUT2D eigenvalue weighted by Crippen LogP contribution is 2.09. The van der Waals surface area contributed by atoms with Gasteiger partial charge in [0, 0.05) is 29.5 Å². The first kappa shape index (κ1) is 12.1. The molecular formula is C10H10BrF2NO. The fraction of sp³-hybridized carbons (Fsp3) is 0.300. The standard InChI is InChI=1S/C10H10BrF2NO/c1-14(10(11)15)5-4-7-2-3-8(12)9(13)6-7/h2-3,6H,4-5H2,1H3. The van der Waals surface area contributed by atoms with E-state index in [0.717, 1.165) is 12.1 Å². The summed E-state index contributed by atoms with van der Waals surface area (Å²) in [6.45, 7) is 0.454. The monoisotopic (exact) mass is 277 g/mol. The van der Waals surface area contributed by atoms with Crippen molar-refractivity contribution >= 4 is 20.7 Å². The molecule has 5 heteroatoms. The Balaban J connectivity index is 2.58. The minimum absolute atomic E-state index is 0.231. The lowest BCUT2D eigenvalue weighted by Gasteiger charge is -2.13. The molecule has 0 aliphatic carbocycles. The number of hydrogen-bond donors (Lipinski definition) is 0. The normalized spacial score (nSPS) is 10.1. The van der Waals surface area contributed by atoms with Gasteiger partial charge in [-0.05, 0) is 24.1 Å². The Morgan fingerprint density at radius 2 is 2.07 bits per heavy atom. The summed E-state index contributed by atoms with van der Waals surface area (Å²) in [6.07, 6.45) is 0.491. The molecule has 1 aromatic carbocycles. The average molecular weight is 278 g/mol. The molecule has 0 atom stereocenters. The lowest BCUT2D eigenvalue weighted by molar-refractivity contribution is 0.235. The molecule has 0 spiro atoms. The van der Waals surface area contributed by atoms with Gasteiger partial charge in [-0.1, -0.05) is 6.07 Å². The summed E-state index contributed by atoms with van der Waals surface area (Å²) >= 11 is 2.79. The van der Waals surface area contributed by atoms with Gasteiger partial charge >= 0.3 is 0 Å². The van der Waals surface area contributed by atoms with Crippen LogP contribution in [0.3, 0.4) is 0 Å². The lowest BCUT2D eigenvalue weighted by atomic mass is 10.1. The van der Waals surface area contributed by atoms with E-state index in [-0.39, 0.29) is 4.82 Å². The molecule has 1 aromatic rings. The smallest absolute Gasteiger partial charge is 0.289 e. The third-order valence-corrected chi connectivity index (χ3v) is 2.63. The van der Waals surface area contributed by atoms with Crippen molar-refractivity contribution in [3.8, 4) is 0 Å². The van der Waals surface area contributed by atoms with Crippen LogP contribution in [0, 0.1) is 11.6 Å². The van der Waals surface area contributed by atoms with Crippen LogP contribution in [-0.4, -0.2) is 23.3 Å². The summed E-state index contributed by atoms with van der Waals surface area (Å²) in [5, 5.41) is 0. The second kappa shape index (κ2) is 5.21. The van der Waals surface area contributed by atoms with Crippen molar-refractivity contribution in [1.82, 2.24) is 4.90 Å². The Bertz CT molecular complexity index is 370. The Labute approximate surface area is 95.0 Å². The number of rotatable bonds is 3. The Morgan fingerprint density at radius 3 is 2.60 bits per heavy atom. The average Bonchev–Trinajstić information content (AvgIpc) is 2.19. The number of likely N-dealkylation sites (N-methyl/N-ethyl adjacent to an activating group) is 1. The van der Waals surface area contributed by atoms with Crippen LogP contribution in [0.2, 0.25) is 0 Å². The second-order valence-corrected chi connectivity index (χ2v) is 3.85. The highest BCUT2D eigenvalue weighted by atomic mass is 79.9. The van der Waals surface area contributed by atoms with E-state index in [2.05, 4.69) is 15.9 Å². The zero-order valence-electron chi connectivity index (χ0n) is 8.14. The number of carbonyl (C=O) groups excluding carboxylic acids is 1. The van der Waals surface area contributed by atoms with E-state index in [1.165, 1.54) is 11.0 Å². The Kier molecular flexibility index (Phi) is 4.20. The van der Waals surface area contributed by atoms with Crippen LogP contribution in [-0.2, 0) is 6.42 Å². The molecular weight excluding hydrogens is 268 g/mol. The first-order valence-corrected chi connectivity index (χ1v) is 5.14. The van der Waals surface area contributed by atoms with Gasteiger partial charge in [0.1, 0.15) is 0 Å². The third kappa shape index (κ3) is 3.58. The summed E-state index contributed by atoms with van der Waals surface area (Å²) < 4.78 is 25.4. The summed E-state index contributed by atoms with van der Waals surface area (Å²) in [4.78, 5) is 12.0. The highest BCUT2D eigenvalue weighted by Gasteiger charge is 2.06. The number of amides is 1. The predicted octanol–water partition coefficient (Wildman–Crippen LogP) is 2.95. The van der Waals surface area contributed by atoms with Gasteiger partial charge in [-0.15, -0.1) is 0 Å². The van der Waals surface area contributed by atoms with Crippen LogP contribution < -0.4 is 0 Å². The van der Waals surface area contributed by atoms with E-state index in [1.54, 1.807) is 7.05 Å². The van der Waals surface area contributed by atoms with E-state index in [1.807, 2.05) is 0 Å². The van der Waals surface area contributed by atoms with Crippen molar-refractivity contribution in [2.24, 2.45) is 0 Å². The number of nitrogens with zero attached hydrogens (tertiary/aromatic N) is 1. The molecule has 1 rings (SSSR count). The molecule has 2 nitrogen and oxygen atoms in total. The summed E-state index contributed by atoms with van der Waals surface area (Å²) in [5.74, 6) is -1.72. The van der Waals surface area contributed by atoms with Crippen LogP contribution >= 0.6 is 15.9 Å². The van der Waals surface area contributed by atoms with Crippen molar-refractivity contribution < 1.29 is 13.6 Å². The van der Waals surface area contributed by atoms with Crippen molar-refractivity contribution in [3.63, 3.8) is 0 Å². The van der Waals surface area contributed by atoms with Crippen molar-refractivity contribution in [2.75, 3.05) is 13.6 Å². The van der Waals surface area contributed by atoms with Gasteiger partial charge in [0.05, 0.1) is 0 Å². The molecule has 0 bridgehead atoms. The minimum Gasteiger partial charge on any atom is -0.336 e. The van der Waals surface area contributed by atoms with E-state index < -0.39 is 11.6 Å². The van der Waals surface area contributed by atoms with Gasteiger partial charge in [0.15, 0.2) is 11.6 Å². The molecule has 0 heterocycles. The molecule has 0 unspecified atom stereocenters. The predicted molar refractivity (Wildman–Crippen MR) is 57.0 cm³/mol. The minimum atomic E-state index is -0.861. The number of halogens is 3. The van der Waals surface area contributed by atoms with Gasteiger partial charge in [-0.25, -0.2) is 8.78 Å². The highest BCUT2D eigenvalue weighted by molar-refractivity contribution is 9.18. The van der Waals surface area contributed by atoms with E-state index >= 15 is 0 Å². The Morgan fingerprint density at radius 1 is 1.40 bits per heavy atom. The van der Waals surface area contributed by atoms with Gasteiger partial charge in [0.25, 0.3) is 4.82 Å². The van der Waals surface area contributed by atoms with Gasteiger partial charge in [-0.3, -0.25) is 4.79 Å². The van der Waals surface area contributed by atoms with Crippen molar-refractivity contribution in [3.05, 3.63) is 35.4 Å². The van der Waals surface area contributed by atoms with Crippen molar-refractivity contribution in [2.45, 2.75) is 6.42 Å².